The topological polar surface area (TPSA) is 80.7 Å². The van der Waals surface area contributed by atoms with E-state index in [9.17, 15) is 9.90 Å². The van der Waals surface area contributed by atoms with Gasteiger partial charge in [-0.3, -0.25) is 9.69 Å². The molecule has 0 unspecified atom stereocenters. The number of ether oxygens (including phenoxy) is 2. The van der Waals surface area contributed by atoms with Gasteiger partial charge in [0.25, 0.3) is 0 Å². The van der Waals surface area contributed by atoms with E-state index < -0.39 is 6.41 Å². The number of aliphatic hydroxyl groups is 1. The molecule has 0 heterocycles. The van der Waals surface area contributed by atoms with Crippen molar-refractivity contribution in [1.82, 2.24) is 9.80 Å². The standard InChI is InChI=1S/C39H76N2O6/c1-5-7-9-11-14-21-27-34-44-38(42)30-24-18-17-20-26-32-41(39(43)45-37-33-40(3)4)31-25-19-13-16-23-29-36-47-46-35-28-22-15-12-10-8-6-2/h21-22,27-28,39,43H,5-20,23-26,29-37H2,1-4H3/b27-21-,28-22-/t39-/m0/s1. The zero-order valence-electron chi connectivity index (χ0n) is 31.3. The molecule has 1 atom stereocenters. The Morgan fingerprint density at radius 3 is 1.72 bits per heavy atom. The molecule has 1 N–H and O–H groups in total. The number of esters is 1. The molecule has 0 aliphatic heterocycles. The maximum Gasteiger partial charge on any atom is 0.306 e. The molecule has 0 amide bonds. The fourth-order valence-electron chi connectivity index (χ4n) is 5.19. The van der Waals surface area contributed by atoms with Crippen molar-refractivity contribution in [1.29, 1.82) is 0 Å². The highest BCUT2D eigenvalue weighted by atomic mass is 17.2. The lowest BCUT2D eigenvalue weighted by Gasteiger charge is -2.28. The second kappa shape index (κ2) is 37.5. The number of hydrogen-bond acceptors (Lipinski definition) is 8. The minimum absolute atomic E-state index is 0.0982. The van der Waals surface area contributed by atoms with Crippen LogP contribution in [0.1, 0.15) is 155 Å². The number of hydrogen-bond donors (Lipinski definition) is 1. The monoisotopic (exact) mass is 669 g/mol. The number of likely N-dealkylation sites (N-methyl/N-ethyl adjacent to an activating group) is 1. The predicted octanol–water partition coefficient (Wildman–Crippen LogP) is 9.37. The van der Waals surface area contributed by atoms with Gasteiger partial charge in [-0.05, 0) is 65.5 Å². The Labute approximate surface area is 290 Å². The lowest BCUT2D eigenvalue weighted by molar-refractivity contribution is -0.286. The predicted molar refractivity (Wildman–Crippen MR) is 196 cm³/mol. The van der Waals surface area contributed by atoms with Crippen molar-refractivity contribution in [2.75, 3.05) is 60.2 Å². The molecular weight excluding hydrogens is 592 g/mol. The largest absolute Gasteiger partial charge is 0.461 e. The van der Waals surface area contributed by atoms with Gasteiger partial charge in [0.15, 0.2) is 0 Å². The van der Waals surface area contributed by atoms with Gasteiger partial charge in [0.2, 0.25) is 6.41 Å². The molecule has 0 saturated carbocycles. The molecule has 0 fully saturated rings. The number of unbranched alkanes of at least 4 members (excludes halogenated alkanes) is 17. The summed E-state index contributed by atoms with van der Waals surface area (Å²) in [6.07, 6.45) is 32.2. The maximum atomic E-state index is 12.0. The lowest BCUT2D eigenvalue weighted by atomic mass is 10.1. The molecule has 0 aromatic heterocycles. The van der Waals surface area contributed by atoms with Crippen LogP contribution in [0, 0.1) is 0 Å². The third-order valence-corrected chi connectivity index (χ3v) is 8.24. The van der Waals surface area contributed by atoms with Crippen molar-refractivity contribution in [2.24, 2.45) is 0 Å². The first kappa shape index (κ1) is 45.7. The lowest BCUT2D eigenvalue weighted by Crippen LogP contribution is -2.40. The van der Waals surface area contributed by atoms with E-state index in [-0.39, 0.29) is 5.97 Å². The van der Waals surface area contributed by atoms with Crippen LogP contribution < -0.4 is 0 Å². The summed E-state index contributed by atoms with van der Waals surface area (Å²) in [4.78, 5) is 26.7. The highest BCUT2D eigenvalue weighted by Gasteiger charge is 2.15. The number of carbonyl (C=O) groups is 1. The van der Waals surface area contributed by atoms with Gasteiger partial charge in [-0.15, -0.1) is 0 Å². The van der Waals surface area contributed by atoms with Crippen molar-refractivity contribution in [2.45, 2.75) is 162 Å². The SMILES string of the molecule is CCCCCC/C=C\COOCCCCCCCCN(CCCCCCCC(=O)OC/C=C\CCCCCC)[C@@H](O)OCCN(C)C. The van der Waals surface area contributed by atoms with E-state index in [4.69, 9.17) is 19.2 Å². The van der Waals surface area contributed by atoms with Crippen LogP contribution in [0.15, 0.2) is 24.3 Å². The van der Waals surface area contributed by atoms with E-state index in [1.807, 2.05) is 20.2 Å². The highest BCUT2D eigenvalue weighted by molar-refractivity contribution is 5.69. The molecule has 0 aliphatic carbocycles. The van der Waals surface area contributed by atoms with Gasteiger partial charge in [0, 0.05) is 26.1 Å². The van der Waals surface area contributed by atoms with Crippen LogP contribution in [0.4, 0.5) is 0 Å². The Balaban J connectivity index is 3.96. The molecule has 0 saturated heterocycles. The first-order valence-electron chi connectivity index (χ1n) is 19.4. The van der Waals surface area contributed by atoms with Gasteiger partial charge in [0.05, 0.1) is 13.2 Å². The fourth-order valence-corrected chi connectivity index (χ4v) is 5.19. The summed E-state index contributed by atoms with van der Waals surface area (Å²) in [7, 11) is 4.02. The van der Waals surface area contributed by atoms with Crippen molar-refractivity contribution in [3.05, 3.63) is 24.3 Å². The van der Waals surface area contributed by atoms with Crippen LogP contribution in [0.5, 0.6) is 0 Å². The number of allylic oxidation sites excluding steroid dienone is 2. The number of nitrogens with zero attached hydrogens (tertiary/aromatic N) is 2. The summed E-state index contributed by atoms with van der Waals surface area (Å²) < 4.78 is 11.1. The van der Waals surface area contributed by atoms with Gasteiger partial charge in [-0.1, -0.05) is 122 Å². The Morgan fingerprint density at radius 1 is 0.596 bits per heavy atom. The third kappa shape index (κ3) is 35.8. The summed E-state index contributed by atoms with van der Waals surface area (Å²) in [5.41, 5.74) is 0. The van der Waals surface area contributed by atoms with Crippen LogP contribution in [0.25, 0.3) is 0 Å². The molecule has 0 rings (SSSR count). The van der Waals surface area contributed by atoms with Crippen LogP contribution in [0.2, 0.25) is 0 Å². The van der Waals surface area contributed by atoms with Crippen LogP contribution >= 0.6 is 0 Å². The van der Waals surface area contributed by atoms with Crippen molar-refractivity contribution < 1.29 is 29.1 Å². The maximum absolute atomic E-state index is 12.0. The summed E-state index contributed by atoms with van der Waals surface area (Å²) >= 11 is 0. The van der Waals surface area contributed by atoms with E-state index in [1.54, 1.807) is 0 Å². The summed E-state index contributed by atoms with van der Waals surface area (Å²) in [5, 5.41) is 10.7. The molecular formula is C39H76N2O6. The Kier molecular flexibility index (Phi) is 36.5. The van der Waals surface area contributed by atoms with E-state index in [1.165, 1.54) is 64.2 Å². The van der Waals surface area contributed by atoms with Gasteiger partial charge in [-0.25, -0.2) is 9.78 Å². The van der Waals surface area contributed by atoms with E-state index in [0.29, 0.717) is 32.8 Å². The molecule has 0 radical (unpaired) electrons. The van der Waals surface area contributed by atoms with E-state index in [2.05, 4.69) is 41.9 Å². The molecule has 0 aromatic carbocycles. The molecule has 47 heavy (non-hydrogen) atoms. The third-order valence-electron chi connectivity index (χ3n) is 8.24. The first-order chi connectivity index (χ1) is 23.0. The Morgan fingerprint density at radius 2 is 1.13 bits per heavy atom. The van der Waals surface area contributed by atoms with E-state index >= 15 is 0 Å². The molecule has 8 heteroatoms. The summed E-state index contributed by atoms with van der Waals surface area (Å²) in [5.74, 6) is -0.0982. The van der Waals surface area contributed by atoms with Crippen molar-refractivity contribution >= 4 is 5.97 Å². The second-order valence-electron chi connectivity index (χ2n) is 13.1. The van der Waals surface area contributed by atoms with Gasteiger partial charge < -0.3 is 19.5 Å². The van der Waals surface area contributed by atoms with Crippen LogP contribution in [0.3, 0.4) is 0 Å². The second-order valence-corrected chi connectivity index (χ2v) is 13.1. The van der Waals surface area contributed by atoms with Gasteiger partial charge in [-0.2, -0.15) is 0 Å². The van der Waals surface area contributed by atoms with Crippen LogP contribution in [-0.2, 0) is 24.0 Å². The van der Waals surface area contributed by atoms with Gasteiger partial charge >= 0.3 is 5.97 Å². The highest BCUT2D eigenvalue weighted by Crippen LogP contribution is 2.12. The van der Waals surface area contributed by atoms with Crippen LogP contribution in [-0.4, -0.2) is 87.4 Å². The molecule has 0 bridgehead atoms. The molecule has 0 spiro atoms. The zero-order chi connectivity index (χ0) is 34.5. The number of carbonyl (C=O) groups excluding carboxylic acids is 1. The van der Waals surface area contributed by atoms with Crippen molar-refractivity contribution in [3.8, 4) is 0 Å². The quantitative estimate of drug-likeness (QED) is 0.0175. The summed E-state index contributed by atoms with van der Waals surface area (Å²) in [6, 6.07) is 0. The van der Waals surface area contributed by atoms with Crippen molar-refractivity contribution in [3.63, 3.8) is 0 Å². The molecule has 8 nitrogen and oxygen atoms in total. The first-order valence-corrected chi connectivity index (χ1v) is 19.4. The average Bonchev–Trinajstić information content (AvgIpc) is 3.05. The average molecular weight is 669 g/mol. The smallest absolute Gasteiger partial charge is 0.306 e. The summed E-state index contributed by atoms with van der Waals surface area (Å²) in [6.45, 7) is 8.98. The molecule has 278 valence electrons. The fraction of sp³-hybridized carbons (Fsp3) is 0.872. The number of aliphatic hydroxyl groups excluding tert-OH is 1. The molecule has 0 aliphatic rings. The minimum Gasteiger partial charge on any atom is -0.461 e. The minimum atomic E-state index is -0.858. The van der Waals surface area contributed by atoms with Gasteiger partial charge in [0.1, 0.15) is 13.2 Å². The van der Waals surface area contributed by atoms with E-state index in [0.717, 1.165) is 90.3 Å². The molecule has 0 aromatic rings. The number of rotatable bonds is 37. The normalized spacial score (nSPS) is 12.7. The Hall–Kier alpha value is -1.29. The Bertz CT molecular complexity index is 703. The zero-order valence-corrected chi connectivity index (χ0v) is 31.3.